The fourth-order valence-electron chi connectivity index (χ4n) is 3.87. The van der Waals surface area contributed by atoms with Crippen LogP contribution in [0.25, 0.3) is 21.7 Å². The van der Waals surface area contributed by atoms with Gasteiger partial charge in [0.15, 0.2) is 6.61 Å². The molecule has 3 aromatic carbocycles. The van der Waals surface area contributed by atoms with Crippen molar-refractivity contribution in [3.8, 4) is 0 Å². The number of amides is 2. The summed E-state index contributed by atoms with van der Waals surface area (Å²) < 4.78 is 11.1. The molecule has 2 amide bonds. The summed E-state index contributed by atoms with van der Waals surface area (Å²) in [4.78, 5) is 38.6. The Morgan fingerprint density at radius 3 is 2.68 bits per heavy atom. The van der Waals surface area contributed by atoms with Crippen LogP contribution in [0.3, 0.4) is 0 Å². The van der Waals surface area contributed by atoms with Crippen LogP contribution in [0.1, 0.15) is 16.1 Å². The predicted molar refractivity (Wildman–Crippen MR) is 116 cm³/mol. The number of carbonyl (C=O) groups is 3. The average Bonchev–Trinajstić information content (AvgIpc) is 3.13. The molecule has 1 aromatic heterocycles. The second-order valence-electron chi connectivity index (χ2n) is 7.34. The number of furan rings is 1. The molecule has 31 heavy (non-hydrogen) atoms. The highest BCUT2D eigenvalue weighted by Crippen LogP contribution is 2.32. The highest BCUT2D eigenvalue weighted by atomic mass is 16.5. The van der Waals surface area contributed by atoms with Gasteiger partial charge >= 0.3 is 5.97 Å². The van der Waals surface area contributed by atoms with Gasteiger partial charge in [-0.15, -0.1) is 0 Å². The Kier molecular flexibility index (Phi) is 4.43. The molecule has 5 rings (SSSR count). The Balaban J connectivity index is 1.38. The molecule has 1 aliphatic heterocycles. The lowest BCUT2D eigenvalue weighted by Gasteiger charge is -2.28. The molecule has 2 heterocycles. The van der Waals surface area contributed by atoms with Crippen LogP contribution in [-0.2, 0) is 14.3 Å². The monoisotopic (exact) mass is 414 g/mol. The number of fused-ring (bicyclic) bond motifs is 4. The van der Waals surface area contributed by atoms with E-state index in [9.17, 15) is 14.4 Å². The van der Waals surface area contributed by atoms with E-state index in [1.807, 2.05) is 36.4 Å². The number of rotatable bonds is 3. The molecule has 0 radical (unpaired) electrons. The third kappa shape index (κ3) is 3.20. The fraction of sp³-hybridized carbons (Fsp3) is 0.125. The molecule has 0 atom stereocenters. The molecule has 0 saturated carbocycles. The van der Waals surface area contributed by atoms with Crippen molar-refractivity contribution in [2.75, 3.05) is 23.4 Å². The lowest BCUT2D eigenvalue weighted by molar-refractivity contribution is -0.124. The highest BCUT2D eigenvalue weighted by Gasteiger charge is 2.28. The minimum Gasteiger partial charge on any atom is -0.450 e. The van der Waals surface area contributed by atoms with Gasteiger partial charge in [0.2, 0.25) is 11.7 Å². The number of hydrogen-bond donors (Lipinski definition) is 1. The van der Waals surface area contributed by atoms with Crippen LogP contribution < -0.4 is 10.2 Å². The van der Waals surface area contributed by atoms with Gasteiger partial charge in [0, 0.05) is 16.3 Å². The van der Waals surface area contributed by atoms with E-state index in [0.717, 1.165) is 16.2 Å². The standard InChI is InChI=1S/C24H18N2O5/c1-14-16-11-10-15-6-2-3-7-17(15)23(16)31-22(14)24(29)30-13-21(28)26-12-20(27)25-18-8-4-5-9-19(18)26/h2-11H,12-13H2,1H3,(H,25,27). The Morgan fingerprint density at radius 1 is 1.03 bits per heavy atom. The molecule has 0 saturated heterocycles. The molecule has 0 fully saturated rings. The fourth-order valence-corrected chi connectivity index (χ4v) is 3.87. The first-order chi connectivity index (χ1) is 15.0. The summed E-state index contributed by atoms with van der Waals surface area (Å²) in [5, 5.41) is 5.43. The number of carbonyl (C=O) groups excluding carboxylic acids is 3. The predicted octanol–water partition coefficient (Wildman–Crippen LogP) is 4.04. The lowest BCUT2D eigenvalue weighted by atomic mass is 10.1. The molecule has 0 aliphatic carbocycles. The zero-order chi connectivity index (χ0) is 21.5. The maximum atomic E-state index is 12.7. The van der Waals surface area contributed by atoms with E-state index in [1.54, 1.807) is 31.2 Å². The normalized spacial score (nSPS) is 13.2. The van der Waals surface area contributed by atoms with Gasteiger partial charge in [0.05, 0.1) is 11.4 Å². The van der Waals surface area contributed by atoms with E-state index in [4.69, 9.17) is 9.15 Å². The van der Waals surface area contributed by atoms with Crippen molar-refractivity contribution in [3.63, 3.8) is 0 Å². The quantitative estimate of drug-likeness (QED) is 0.511. The topological polar surface area (TPSA) is 88.9 Å². The molecular formula is C24H18N2O5. The summed E-state index contributed by atoms with van der Waals surface area (Å²) in [7, 11) is 0. The second-order valence-corrected chi connectivity index (χ2v) is 7.34. The molecule has 0 unspecified atom stereocenters. The first-order valence-corrected chi connectivity index (χ1v) is 9.80. The minimum atomic E-state index is -0.721. The number of para-hydroxylation sites is 2. The van der Waals surface area contributed by atoms with Crippen LogP contribution in [0, 0.1) is 6.92 Å². The average molecular weight is 414 g/mol. The van der Waals surface area contributed by atoms with Crippen molar-refractivity contribution in [1.82, 2.24) is 0 Å². The largest absolute Gasteiger partial charge is 0.450 e. The molecule has 154 valence electrons. The third-order valence-electron chi connectivity index (χ3n) is 5.41. The van der Waals surface area contributed by atoms with Crippen LogP contribution in [-0.4, -0.2) is 30.9 Å². The number of hydrogen-bond acceptors (Lipinski definition) is 5. The highest BCUT2D eigenvalue weighted by molar-refractivity contribution is 6.11. The van der Waals surface area contributed by atoms with E-state index in [2.05, 4.69) is 5.32 Å². The van der Waals surface area contributed by atoms with E-state index >= 15 is 0 Å². The third-order valence-corrected chi connectivity index (χ3v) is 5.41. The first-order valence-electron chi connectivity index (χ1n) is 9.80. The van der Waals surface area contributed by atoms with Crippen molar-refractivity contribution in [3.05, 3.63) is 72.0 Å². The molecular weight excluding hydrogens is 396 g/mol. The number of ether oxygens (including phenoxy) is 1. The minimum absolute atomic E-state index is 0.0657. The van der Waals surface area contributed by atoms with Gasteiger partial charge in [-0.3, -0.25) is 14.5 Å². The van der Waals surface area contributed by atoms with Crippen molar-refractivity contribution in [1.29, 1.82) is 0 Å². The summed E-state index contributed by atoms with van der Waals surface area (Å²) in [5.41, 5.74) is 2.37. The van der Waals surface area contributed by atoms with Crippen LogP contribution in [0.15, 0.2) is 65.1 Å². The van der Waals surface area contributed by atoms with Crippen LogP contribution in [0.5, 0.6) is 0 Å². The number of nitrogens with one attached hydrogen (secondary N) is 1. The number of nitrogens with zero attached hydrogens (tertiary/aromatic N) is 1. The zero-order valence-electron chi connectivity index (χ0n) is 16.7. The van der Waals surface area contributed by atoms with Crippen molar-refractivity contribution < 1.29 is 23.5 Å². The Hall–Kier alpha value is -4.13. The van der Waals surface area contributed by atoms with Crippen LogP contribution in [0.4, 0.5) is 11.4 Å². The van der Waals surface area contributed by atoms with Crippen molar-refractivity contribution >= 4 is 50.9 Å². The van der Waals surface area contributed by atoms with Gasteiger partial charge in [0.1, 0.15) is 12.1 Å². The zero-order valence-corrected chi connectivity index (χ0v) is 16.7. The maximum Gasteiger partial charge on any atom is 0.375 e. The Labute approximate surface area is 177 Å². The molecule has 7 nitrogen and oxygen atoms in total. The Bertz CT molecular complexity index is 1370. The van der Waals surface area contributed by atoms with Crippen molar-refractivity contribution in [2.24, 2.45) is 0 Å². The number of benzene rings is 3. The smallest absolute Gasteiger partial charge is 0.375 e. The van der Waals surface area contributed by atoms with E-state index < -0.39 is 18.5 Å². The molecule has 1 N–H and O–H groups in total. The molecule has 1 aliphatic rings. The molecule has 0 spiro atoms. The van der Waals surface area contributed by atoms with Gasteiger partial charge in [0.25, 0.3) is 5.91 Å². The molecule has 4 aromatic rings. The summed E-state index contributed by atoms with van der Waals surface area (Å²) >= 11 is 0. The van der Waals surface area contributed by atoms with E-state index in [0.29, 0.717) is 22.5 Å². The van der Waals surface area contributed by atoms with E-state index in [-0.39, 0.29) is 18.2 Å². The lowest BCUT2D eigenvalue weighted by Crippen LogP contribution is -2.44. The van der Waals surface area contributed by atoms with Crippen LogP contribution >= 0.6 is 0 Å². The molecule has 0 bridgehead atoms. The summed E-state index contributed by atoms with van der Waals surface area (Å²) in [6.07, 6.45) is 0. The number of anilines is 2. The van der Waals surface area contributed by atoms with Gasteiger partial charge < -0.3 is 14.5 Å². The van der Waals surface area contributed by atoms with E-state index in [1.165, 1.54) is 4.90 Å². The van der Waals surface area contributed by atoms with Gasteiger partial charge in [-0.25, -0.2) is 4.79 Å². The maximum absolute atomic E-state index is 12.7. The summed E-state index contributed by atoms with van der Waals surface area (Å²) in [6, 6.07) is 18.6. The van der Waals surface area contributed by atoms with Gasteiger partial charge in [-0.05, 0) is 24.4 Å². The van der Waals surface area contributed by atoms with Gasteiger partial charge in [-0.2, -0.15) is 0 Å². The number of esters is 1. The summed E-state index contributed by atoms with van der Waals surface area (Å²) in [6.45, 7) is 1.14. The first kappa shape index (κ1) is 18.9. The van der Waals surface area contributed by atoms with Crippen molar-refractivity contribution in [2.45, 2.75) is 6.92 Å². The number of aryl methyl sites for hydroxylation is 1. The second kappa shape index (κ2) is 7.28. The Morgan fingerprint density at radius 2 is 1.81 bits per heavy atom. The summed E-state index contributed by atoms with van der Waals surface area (Å²) in [5.74, 6) is -1.45. The SMILES string of the molecule is Cc1c(C(=O)OCC(=O)N2CC(=O)Nc3ccccc32)oc2c1ccc1ccccc12. The molecule has 7 heteroatoms. The van der Waals surface area contributed by atoms with Crippen LogP contribution in [0.2, 0.25) is 0 Å². The van der Waals surface area contributed by atoms with Gasteiger partial charge in [-0.1, -0.05) is 48.5 Å².